The molecule has 0 aliphatic carbocycles. The molecule has 9 heteroatoms. The van der Waals surface area contributed by atoms with Crippen molar-refractivity contribution in [1.82, 2.24) is 15.5 Å². The van der Waals surface area contributed by atoms with E-state index in [0.717, 1.165) is 22.3 Å². The van der Waals surface area contributed by atoms with E-state index >= 15 is 0 Å². The number of benzene rings is 2. The van der Waals surface area contributed by atoms with Gasteiger partial charge in [-0.25, -0.2) is 4.79 Å². The Morgan fingerprint density at radius 1 is 0.667 bits per heavy atom. The number of urea groups is 1. The Bertz CT molecular complexity index is 943. The van der Waals surface area contributed by atoms with E-state index in [1.54, 1.807) is 0 Å². The van der Waals surface area contributed by atoms with Crippen LogP contribution in [0.25, 0.3) is 0 Å². The lowest BCUT2D eigenvalue weighted by molar-refractivity contribution is -0.124. The number of hydrogen-bond donors (Lipinski definition) is 4. The molecule has 2 aromatic rings. The average Bonchev–Trinajstić information content (AvgIpc) is 2.73. The van der Waals surface area contributed by atoms with Crippen molar-refractivity contribution in [3.05, 3.63) is 58.7 Å². The summed E-state index contributed by atoms with van der Waals surface area (Å²) < 4.78 is 0. The summed E-state index contributed by atoms with van der Waals surface area (Å²) in [5.41, 5.74) is 5.00. The van der Waals surface area contributed by atoms with E-state index in [0.29, 0.717) is 11.4 Å². The van der Waals surface area contributed by atoms with Gasteiger partial charge in [-0.05, 0) is 49.9 Å². The van der Waals surface area contributed by atoms with Crippen molar-refractivity contribution in [3.8, 4) is 0 Å². The fraction of sp³-hybridized carbons (Fsp3) is 0.333. The number of rotatable bonds is 8. The minimum Gasteiger partial charge on any atom is -0.341 e. The van der Waals surface area contributed by atoms with Crippen LogP contribution in [0.15, 0.2) is 36.4 Å². The maximum atomic E-state index is 12.7. The topological polar surface area (TPSA) is 120 Å². The lowest BCUT2D eigenvalue weighted by Crippen LogP contribution is -2.47. The second-order valence-corrected chi connectivity index (χ2v) is 7.90. The highest BCUT2D eigenvalue weighted by atomic mass is 16.2. The van der Waals surface area contributed by atoms with Crippen molar-refractivity contribution in [3.63, 3.8) is 0 Å². The van der Waals surface area contributed by atoms with Gasteiger partial charge in [0, 0.05) is 18.4 Å². The lowest BCUT2D eigenvalue weighted by Gasteiger charge is -2.22. The number of amides is 5. The normalized spacial score (nSPS) is 10.5. The van der Waals surface area contributed by atoms with E-state index in [-0.39, 0.29) is 31.4 Å². The molecule has 4 N–H and O–H groups in total. The molecule has 5 amide bonds. The summed E-state index contributed by atoms with van der Waals surface area (Å²) in [5.74, 6) is -1.38. The van der Waals surface area contributed by atoms with Gasteiger partial charge >= 0.3 is 6.03 Å². The maximum Gasteiger partial charge on any atom is 0.321 e. The predicted molar refractivity (Wildman–Crippen MR) is 128 cm³/mol. The number of para-hydroxylation sites is 2. The number of nitrogens with zero attached hydrogens (tertiary/aromatic N) is 1. The minimum absolute atomic E-state index is 0.213. The summed E-state index contributed by atoms with van der Waals surface area (Å²) in [6.07, 6.45) is 0. The number of carbonyl (C=O) groups excluding carboxylic acids is 4. The Balaban J connectivity index is 2.13. The van der Waals surface area contributed by atoms with Crippen LogP contribution in [-0.2, 0) is 14.4 Å². The zero-order chi connectivity index (χ0) is 24.5. The van der Waals surface area contributed by atoms with Crippen molar-refractivity contribution in [2.75, 3.05) is 37.3 Å². The standard InChI is InChI=1S/C24H31N5O4/c1-15-8-6-9-16(2)22(15)26-19(30)12-29(14-21(32)28-24(33)25-5)13-20(31)27-23-17(3)10-7-11-18(23)4/h6-11H,12-14H2,1-5H3,(H,26,30)(H,27,31)(H2,25,28,32,33). The van der Waals surface area contributed by atoms with Crippen LogP contribution >= 0.6 is 0 Å². The van der Waals surface area contributed by atoms with Gasteiger partial charge in [-0.1, -0.05) is 36.4 Å². The molecule has 0 aliphatic rings. The van der Waals surface area contributed by atoms with E-state index < -0.39 is 11.9 Å². The first kappa shape index (κ1) is 25.5. The molecule has 0 unspecified atom stereocenters. The van der Waals surface area contributed by atoms with E-state index in [1.165, 1.54) is 11.9 Å². The maximum absolute atomic E-state index is 12.7. The zero-order valence-corrected chi connectivity index (χ0v) is 19.7. The van der Waals surface area contributed by atoms with Crippen molar-refractivity contribution in [1.29, 1.82) is 0 Å². The van der Waals surface area contributed by atoms with Crippen LogP contribution in [-0.4, -0.2) is 55.3 Å². The highest BCUT2D eigenvalue weighted by Crippen LogP contribution is 2.20. The molecule has 0 saturated carbocycles. The quantitative estimate of drug-likeness (QED) is 0.489. The molecule has 0 fully saturated rings. The molecule has 0 spiro atoms. The summed E-state index contributed by atoms with van der Waals surface area (Å²) >= 11 is 0. The van der Waals surface area contributed by atoms with Gasteiger partial charge in [0.05, 0.1) is 19.6 Å². The molecule has 0 aromatic heterocycles. The fourth-order valence-corrected chi connectivity index (χ4v) is 3.39. The Morgan fingerprint density at radius 3 is 1.39 bits per heavy atom. The molecular weight excluding hydrogens is 422 g/mol. The van der Waals surface area contributed by atoms with Gasteiger partial charge in [0.15, 0.2) is 0 Å². The van der Waals surface area contributed by atoms with Crippen molar-refractivity contribution < 1.29 is 19.2 Å². The lowest BCUT2D eigenvalue weighted by atomic mass is 10.1. The van der Waals surface area contributed by atoms with Gasteiger partial charge in [-0.3, -0.25) is 24.6 Å². The third-order valence-corrected chi connectivity index (χ3v) is 5.07. The highest BCUT2D eigenvalue weighted by Gasteiger charge is 2.20. The number of hydrogen-bond acceptors (Lipinski definition) is 5. The molecule has 0 aliphatic heterocycles. The zero-order valence-electron chi connectivity index (χ0n) is 19.7. The first-order valence-corrected chi connectivity index (χ1v) is 10.6. The monoisotopic (exact) mass is 453 g/mol. The van der Waals surface area contributed by atoms with Crippen LogP contribution in [0, 0.1) is 27.7 Å². The first-order chi connectivity index (χ1) is 15.6. The van der Waals surface area contributed by atoms with E-state index in [4.69, 9.17) is 0 Å². The number of anilines is 2. The minimum atomic E-state index is -0.667. The van der Waals surface area contributed by atoms with Gasteiger partial charge in [0.2, 0.25) is 17.7 Å². The number of aryl methyl sites for hydroxylation is 4. The molecule has 2 rings (SSSR count). The van der Waals surface area contributed by atoms with E-state index in [9.17, 15) is 19.2 Å². The SMILES string of the molecule is CNC(=O)NC(=O)CN(CC(=O)Nc1c(C)cccc1C)CC(=O)Nc1c(C)cccc1C. The van der Waals surface area contributed by atoms with Crippen LogP contribution in [0.2, 0.25) is 0 Å². The van der Waals surface area contributed by atoms with Crippen LogP contribution < -0.4 is 21.3 Å². The molecule has 9 nitrogen and oxygen atoms in total. The third-order valence-electron chi connectivity index (χ3n) is 5.07. The Labute approximate surface area is 193 Å². The van der Waals surface area contributed by atoms with Crippen molar-refractivity contribution in [2.45, 2.75) is 27.7 Å². The van der Waals surface area contributed by atoms with Gasteiger partial charge < -0.3 is 16.0 Å². The van der Waals surface area contributed by atoms with Gasteiger partial charge in [-0.2, -0.15) is 0 Å². The third kappa shape index (κ3) is 7.73. The molecular formula is C24H31N5O4. The van der Waals surface area contributed by atoms with Gasteiger partial charge in [0.1, 0.15) is 0 Å². The predicted octanol–water partition coefficient (Wildman–Crippen LogP) is 2.26. The van der Waals surface area contributed by atoms with Crippen molar-refractivity contribution in [2.24, 2.45) is 0 Å². The molecule has 0 heterocycles. The Hall–Kier alpha value is -3.72. The summed E-state index contributed by atoms with van der Waals surface area (Å²) in [6.45, 7) is 6.80. The number of nitrogens with one attached hydrogen (secondary N) is 4. The Morgan fingerprint density at radius 2 is 1.03 bits per heavy atom. The molecule has 0 atom stereocenters. The summed E-state index contributed by atoms with van der Waals surface area (Å²) in [7, 11) is 1.39. The van der Waals surface area contributed by atoms with Crippen molar-refractivity contribution >= 4 is 35.1 Å². The number of carbonyl (C=O) groups is 4. The summed E-state index contributed by atoms with van der Waals surface area (Å²) in [6, 6.07) is 10.7. The van der Waals surface area contributed by atoms with Crippen LogP contribution in [0.5, 0.6) is 0 Å². The second-order valence-electron chi connectivity index (χ2n) is 7.90. The molecule has 176 valence electrons. The molecule has 0 bridgehead atoms. The fourth-order valence-electron chi connectivity index (χ4n) is 3.39. The van der Waals surface area contributed by atoms with Crippen LogP contribution in [0.4, 0.5) is 16.2 Å². The molecule has 2 aromatic carbocycles. The average molecular weight is 454 g/mol. The van der Waals surface area contributed by atoms with Crippen LogP contribution in [0.3, 0.4) is 0 Å². The van der Waals surface area contributed by atoms with Crippen LogP contribution in [0.1, 0.15) is 22.3 Å². The van der Waals surface area contributed by atoms with E-state index in [1.807, 2.05) is 64.1 Å². The summed E-state index contributed by atoms with van der Waals surface area (Å²) in [4.78, 5) is 50.6. The van der Waals surface area contributed by atoms with E-state index in [2.05, 4.69) is 21.3 Å². The second kappa shape index (κ2) is 11.8. The van der Waals surface area contributed by atoms with Gasteiger partial charge in [-0.15, -0.1) is 0 Å². The Kier molecular flexibility index (Phi) is 9.11. The highest BCUT2D eigenvalue weighted by molar-refractivity contribution is 5.98. The number of imide groups is 1. The summed E-state index contributed by atoms with van der Waals surface area (Å²) in [5, 5.41) is 10.1. The molecule has 0 saturated heterocycles. The smallest absolute Gasteiger partial charge is 0.321 e. The largest absolute Gasteiger partial charge is 0.341 e. The van der Waals surface area contributed by atoms with Gasteiger partial charge in [0.25, 0.3) is 0 Å². The molecule has 0 radical (unpaired) electrons. The first-order valence-electron chi connectivity index (χ1n) is 10.6. The molecule has 33 heavy (non-hydrogen) atoms.